The predicted octanol–water partition coefficient (Wildman–Crippen LogP) is 3.08. The molecule has 12 nitrogen and oxygen atoms in total. The molecule has 2 aliphatic heterocycles. The van der Waals surface area contributed by atoms with Gasteiger partial charge in [0.15, 0.2) is 17.2 Å². The summed E-state index contributed by atoms with van der Waals surface area (Å²) in [5.74, 6) is -0.0300. The highest BCUT2D eigenvalue weighted by Gasteiger charge is 2.58. The fraction of sp³-hybridized carbons (Fsp3) is 0.400. The van der Waals surface area contributed by atoms with Crippen LogP contribution >= 0.6 is 0 Å². The molecule has 4 aromatic rings. The lowest BCUT2D eigenvalue weighted by Crippen LogP contribution is -2.51. The highest BCUT2D eigenvalue weighted by atomic mass is 19.4. The Bertz CT molecular complexity index is 1870. The van der Waals surface area contributed by atoms with Gasteiger partial charge in [0.25, 0.3) is 5.91 Å². The number of rotatable bonds is 6. The topological polar surface area (TPSA) is 136 Å². The molecule has 3 aliphatic rings. The number of nitriles is 1. The molecule has 0 bridgehead atoms. The largest absolute Gasteiger partial charge is 0.435 e. The molecule has 1 aliphatic carbocycles. The van der Waals surface area contributed by atoms with Gasteiger partial charge in [0.1, 0.15) is 12.4 Å². The van der Waals surface area contributed by atoms with Gasteiger partial charge < -0.3 is 20.4 Å². The third kappa shape index (κ3) is 5.10. The molecule has 2 amide bonds. The summed E-state index contributed by atoms with van der Waals surface area (Å²) in [4.78, 5) is 38.1. The van der Waals surface area contributed by atoms with Crippen LogP contribution in [-0.4, -0.2) is 85.0 Å². The first kappa shape index (κ1) is 29.7. The molecule has 1 aromatic carbocycles. The van der Waals surface area contributed by atoms with Crippen molar-refractivity contribution in [3.05, 3.63) is 59.6 Å². The maximum atomic E-state index is 15.5. The van der Waals surface area contributed by atoms with Crippen molar-refractivity contribution < 1.29 is 27.2 Å². The summed E-state index contributed by atoms with van der Waals surface area (Å²) < 4.78 is 59.1. The molecule has 238 valence electrons. The minimum atomic E-state index is -4.78. The molecule has 0 radical (unpaired) electrons. The quantitative estimate of drug-likeness (QED) is 0.309. The van der Waals surface area contributed by atoms with Crippen LogP contribution < -0.4 is 10.6 Å². The van der Waals surface area contributed by atoms with Gasteiger partial charge in [0.2, 0.25) is 5.91 Å². The maximum absolute atomic E-state index is 15.5. The number of piperazine rings is 1. The first-order chi connectivity index (χ1) is 22.0. The van der Waals surface area contributed by atoms with Crippen molar-refractivity contribution in [2.75, 3.05) is 44.6 Å². The van der Waals surface area contributed by atoms with E-state index in [9.17, 15) is 22.8 Å². The molecule has 16 heteroatoms. The van der Waals surface area contributed by atoms with Crippen LogP contribution in [0, 0.1) is 41.8 Å². The zero-order valence-electron chi connectivity index (χ0n) is 24.6. The summed E-state index contributed by atoms with van der Waals surface area (Å²) in [6.45, 7) is 4.41. The smallest absolute Gasteiger partial charge is 0.339 e. The van der Waals surface area contributed by atoms with Crippen LogP contribution in [0.1, 0.15) is 21.6 Å². The first-order valence-corrected chi connectivity index (χ1v) is 14.7. The minimum Gasteiger partial charge on any atom is -0.339 e. The summed E-state index contributed by atoms with van der Waals surface area (Å²) in [5.41, 5.74) is -0.639. The lowest BCUT2D eigenvalue weighted by Gasteiger charge is -2.35. The highest BCUT2D eigenvalue weighted by Crippen LogP contribution is 2.49. The van der Waals surface area contributed by atoms with E-state index in [1.165, 1.54) is 23.0 Å². The number of benzene rings is 1. The zero-order chi connectivity index (χ0) is 32.3. The maximum Gasteiger partial charge on any atom is 0.435 e. The second kappa shape index (κ2) is 11.1. The number of carbonyl (C=O) groups is 2. The van der Waals surface area contributed by atoms with Crippen molar-refractivity contribution in [3.63, 3.8) is 0 Å². The second-order valence-corrected chi connectivity index (χ2v) is 11.8. The molecular weight excluding hydrogens is 608 g/mol. The van der Waals surface area contributed by atoms with Crippen molar-refractivity contribution in [1.82, 2.24) is 39.3 Å². The number of amides is 2. The van der Waals surface area contributed by atoms with Gasteiger partial charge in [-0.05, 0) is 49.5 Å². The Morgan fingerprint density at radius 1 is 1.11 bits per heavy atom. The minimum absolute atomic E-state index is 0.0686. The van der Waals surface area contributed by atoms with Crippen molar-refractivity contribution in [3.8, 4) is 17.3 Å². The Balaban J connectivity index is 1.08. The Morgan fingerprint density at radius 2 is 1.83 bits per heavy atom. The number of anilines is 2. The van der Waals surface area contributed by atoms with Crippen molar-refractivity contribution in [1.29, 1.82) is 5.26 Å². The number of alkyl halides is 3. The number of hydrogen-bond acceptors (Lipinski definition) is 8. The summed E-state index contributed by atoms with van der Waals surface area (Å²) in [6, 6.07) is 4.51. The number of nitrogens with zero attached hydrogens (tertiary/aromatic N) is 8. The zero-order valence-corrected chi connectivity index (χ0v) is 24.6. The van der Waals surface area contributed by atoms with Crippen molar-refractivity contribution >= 4 is 29.0 Å². The molecule has 5 heterocycles. The molecule has 3 fully saturated rings. The van der Waals surface area contributed by atoms with Crippen molar-refractivity contribution in [2.24, 2.45) is 17.8 Å². The number of aromatic nitrogens is 5. The van der Waals surface area contributed by atoms with E-state index in [1.54, 1.807) is 28.9 Å². The standard InChI is InChI=1S/C30H28F4N10O2/c1-16-10-17(11-21(31)23(16)28(45)41-6-8-42(9-7-41)29(46)24-18-12-36-13-19(18)24)39-26-27-38-14-22(44(27)5-3-37-26)20-15-43(4-2-35)40-25(20)30(32,33)34/h3,5,10-11,14-15,18-19,24,36H,4,6-9,12-13H2,1H3,(H,37,39)/t18-,19+,24+. The molecular formula is C30H28F4N10O2. The van der Waals surface area contributed by atoms with Gasteiger partial charge in [-0.25, -0.2) is 14.4 Å². The van der Waals surface area contributed by atoms with Crippen LogP contribution in [-0.2, 0) is 17.5 Å². The number of fused-ring (bicyclic) bond motifs is 2. The van der Waals surface area contributed by atoms with Crippen LogP contribution in [0.2, 0.25) is 0 Å². The van der Waals surface area contributed by atoms with Gasteiger partial charge in [-0.2, -0.15) is 23.5 Å². The predicted molar refractivity (Wildman–Crippen MR) is 155 cm³/mol. The van der Waals surface area contributed by atoms with E-state index in [0.717, 1.165) is 30.0 Å². The molecule has 2 saturated heterocycles. The summed E-state index contributed by atoms with van der Waals surface area (Å²) >= 11 is 0. The normalized spacial score (nSPS) is 20.9. The van der Waals surface area contributed by atoms with Crippen LogP contribution in [0.5, 0.6) is 0 Å². The molecule has 1 saturated carbocycles. The SMILES string of the molecule is Cc1cc(Nc2nccn3c(-c4cn(CC#N)nc4C(F)(F)F)cnc23)cc(F)c1C(=O)N1CCN(C(=O)[C@H]2[C@@H]3CNC[C@@H]32)CC1. The van der Waals surface area contributed by atoms with Gasteiger partial charge in [-0.15, -0.1) is 0 Å². The third-order valence-electron chi connectivity index (χ3n) is 8.99. The lowest BCUT2D eigenvalue weighted by atomic mass is 10.0. The number of halogens is 4. The van der Waals surface area contributed by atoms with Gasteiger partial charge in [-0.1, -0.05) is 0 Å². The highest BCUT2D eigenvalue weighted by molar-refractivity contribution is 5.97. The Labute approximate surface area is 259 Å². The van der Waals surface area contributed by atoms with Crippen molar-refractivity contribution in [2.45, 2.75) is 19.6 Å². The van der Waals surface area contributed by atoms with E-state index in [2.05, 4.69) is 25.7 Å². The summed E-state index contributed by atoms with van der Waals surface area (Å²) in [6.07, 6.45) is 0.371. The van der Waals surface area contributed by atoms with E-state index in [0.29, 0.717) is 43.6 Å². The Kier molecular flexibility index (Phi) is 7.15. The third-order valence-corrected chi connectivity index (χ3v) is 8.99. The Morgan fingerprint density at radius 3 is 2.50 bits per heavy atom. The Hall–Kier alpha value is -5.04. The molecule has 46 heavy (non-hydrogen) atoms. The van der Waals surface area contributed by atoms with Crippen LogP contribution in [0.25, 0.3) is 16.9 Å². The van der Waals surface area contributed by atoms with Crippen LogP contribution in [0.15, 0.2) is 36.9 Å². The summed E-state index contributed by atoms with van der Waals surface area (Å²) in [5, 5.41) is 18.7. The second-order valence-electron chi connectivity index (χ2n) is 11.8. The molecule has 0 unspecified atom stereocenters. The molecule has 3 atom stereocenters. The number of nitrogens with one attached hydrogen (secondary N) is 2. The van der Waals surface area contributed by atoms with Gasteiger partial charge in [-0.3, -0.25) is 18.7 Å². The molecule has 7 rings (SSSR count). The number of imidazole rings is 1. The fourth-order valence-electron chi connectivity index (χ4n) is 6.69. The van der Waals surface area contributed by atoms with Gasteiger partial charge >= 0.3 is 6.18 Å². The summed E-state index contributed by atoms with van der Waals surface area (Å²) in [7, 11) is 0. The van der Waals surface area contributed by atoms with E-state index in [4.69, 9.17) is 5.26 Å². The number of carbonyl (C=O) groups excluding carboxylic acids is 2. The fourth-order valence-corrected chi connectivity index (χ4v) is 6.69. The van der Waals surface area contributed by atoms with E-state index >= 15 is 4.39 Å². The lowest BCUT2D eigenvalue weighted by molar-refractivity contribution is -0.141. The first-order valence-electron chi connectivity index (χ1n) is 14.7. The average Bonchev–Trinajstić information content (AvgIpc) is 3.43. The van der Waals surface area contributed by atoms with E-state index < -0.39 is 23.6 Å². The molecule has 0 spiro atoms. The van der Waals surface area contributed by atoms with E-state index in [1.807, 2.05) is 0 Å². The van der Waals surface area contributed by atoms with Crippen LogP contribution in [0.3, 0.4) is 0 Å². The molecule has 2 N–H and O–H groups in total. The van der Waals surface area contributed by atoms with Crippen LogP contribution in [0.4, 0.5) is 29.1 Å². The number of piperidine rings is 1. The number of hydrogen-bond donors (Lipinski definition) is 2. The van der Waals surface area contributed by atoms with E-state index in [-0.39, 0.29) is 52.3 Å². The monoisotopic (exact) mass is 636 g/mol. The van der Waals surface area contributed by atoms with Gasteiger partial charge in [0, 0.05) is 56.4 Å². The van der Waals surface area contributed by atoms with Gasteiger partial charge in [0.05, 0.1) is 29.1 Å². The average molecular weight is 637 g/mol. The molecule has 3 aromatic heterocycles. The number of aryl methyl sites for hydroxylation is 1.